The number of nitrogens with zero attached hydrogens (tertiary/aromatic N) is 3. The Bertz CT molecular complexity index is 566. The Kier molecular flexibility index (Phi) is 5.49. The number of hydrogen-bond donors (Lipinski definition) is 0. The number of carbonyl (C=O) groups is 1. The van der Waals surface area contributed by atoms with Gasteiger partial charge in [-0.1, -0.05) is 25.8 Å². The molecule has 0 aliphatic carbocycles. The highest BCUT2D eigenvalue weighted by Gasteiger charge is 2.18. The maximum Gasteiger partial charge on any atom is 0.341 e. The van der Waals surface area contributed by atoms with Crippen LogP contribution in [0.15, 0.2) is 36.8 Å². The highest BCUT2D eigenvalue weighted by Crippen LogP contribution is 2.13. The molecular formula is C16H21N3O2. The standard InChI is InChI=1S/C16H21N3O2/c1-3-4-8-15(10-14-7-5-6-9-17-14)21-16(20)13-11-18-19(2)12-13/h5-7,9,11-12,15H,3-4,8,10H2,1-2H3. The van der Waals surface area contributed by atoms with Crippen LogP contribution in [0.25, 0.3) is 0 Å². The van der Waals surface area contributed by atoms with Gasteiger partial charge in [0.25, 0.3) is 0 Å². The summed E-state index contributed by atoms with van der Waals surface area (Å²) in [5.74, 6) is -0.319. The van der Waals surface area contributed by atoms with Gasteiger partial charge < -0.3 is 4.74 Å². The first-order valence-corrected chi connectivity index (χ1v) is 7.28. The molecule has 0 bridgehead atoms. The van der Waals surface area contributed by atoms with E-state index in [0.717, 1.165) is 25.0 Å². The molecule has 0 spiro atoms. The minimum Gasteiger partial charge on any atom is -0.458 e. The lowest BCUT2D eigenvalue weighted by atomic mass is 10.1. The number of ether oxygens (including phenoxy) is 1. The zero-order valence-corrected chi connectivity index (χ0v) is 12.5. The van der Waals surface area contributed by atoms with E-state index in [2.05, 4.69) is 17.0 Å². The molecule has 0 N–H and O–H groups in total. The van der Waals surface area contributed by atoms with Crippen LogP contribution >= 0.6 is 0 Å². The van der Waals surface area contributed by atoms with Crippen molar-refractivity contribution in [3.8, 4) is 0 Å². The van der Waals surface area contributed by atoms with Gasteiger partial charge in [0.1, 0.15) is 6.10 Å². The molecule has 0 saturated carbocycles. The van der Waals surface area contributed by atoms with Gasteiger partial charge in [0.2, 0.25) is 0 Å². The number of unbranched alkanes of at least 4 members (excludes halogenated alkanes) is 1. The Morgan fingerprint density at radius 2 is 2.29 bits per heavy atom. The molecule has 0 saturated heterocycles. The van der Waals surface area contributed by atoms with Gasteiger partial charge in [-0.2, -0.15) is 5.10 Å². The van der Waals surface area contributed by atoms with Crippen molar-refractivity contribution < 1.29 is 9.53 Å². The molecule has 112 valence electrons. The van der Waals surface area contributed by atoms with E-state index >= 15 is 0 Å². The van der Waals surface area contributed by atoms with Gasteiger partial charge in [-0.3, -0.25) is 9.67 Å². The van der Waals surface area contributed by atoms with Crippen molar-refractivity contribution in [3.63, 3.8) is 0 Å². The maximum atomic E-state index is 12.1. The molecule has 2 rings (SSSR count). The summed E-state index contributed by atoms with van der Waals surface area (Å²) in [6, 6.07) is 5.78. The fraction of sp³-hybridized carbons (Fsp3) is 0.438. The lowest BCUT2D eigenvalue weighted by molar-refractivity contribution is 0.0276. The molecule has 1 unspecified atom stereocenters. The van der Waals surface area contributed by atoms with Crippen molar-refractivity contribution in [2.75, 3.05) is 0 Å². The summed E-state index contributed by atoms with van der Waals surface area (Å²) in [4.78, 5) is 16.4. The van der Waals surface area contributed by atoms with Crippen LogP contribution in [-0.4, -0.2) is 26.8 Å². The summed E-state index contributed by atoms with van der Waals surface area (Å²) in [7, 11) is 1.78. The van der Waals surface area contributed by atoms with Crippen LogP contribution in [0.2, 0.25) is 0 Å². The van der Waals surface area contributed by atoms with Gasteiger partial charge in [0, 0.05) is 31.6 Å². The average Bonchev–Trinajstić information content (AvgIpc) is 2.92. The van der Waals surface area contributed by atoms with Gasteiger partial charge in [0.05, 0.1) is 11.8 Å². The first-order chi connectivity index (χ1) is 10.2. The number of hydrogen-bond acceptors (Lipinski definition) is 4. The Balaban J connectivity index is 2.00. The predicted octanol–water partition coefficient (Wildman–Crippen LogP) is 2.77. The van der Waals surface area contributed by atoms with Crippen molar-refractivity contribution in [2.24, 2.45) is 7.05 Å². The van der Waals surface area contributed by atoms with Crippen LogP contribution in [0.3, 0.4) is 0 Å². The highest BCUT2D eigenvalue weighted by atomic mass is 16.5. The van der Waals surface area contributed by atoms with Crippen molar-refractivity contribution in [1.82, 2.24) is 14.8 Å². The predicted molar refractivity (Wildman–Crippen MR) is 79.9 cm³/mol. The van der Waals surface area contributed by atoms with Gasteiger partial charge in [-0.15, -0.1) is 0 Å². The number of carbonyl (C=O) groups excluding carboxylic acids is 1. The summed E-state index contributed by atoms with van der Waals surface area (Å²) in [6.07, 6.45) is 8.40. The summed E-state index contributed by atoms with van der Waals surface area (Å²) >= 11 is 0. The SMILES string of the molecule is CCCCC(Cc1ccccn1)OC(=O)c1cnn(C)c1. The smallest absolute Gasteiger partial charge is 0.341 e. The topological polar surface area (TPSA) is 57.0 Å². The van der Waals surface area contributed by atoms with Crippen molar-refractivity contribution in [2.45, 2.75) is 38.7 Å². The third-order valence-electron chi connectivity index (χ3n) is 3.26. The molecule has 0 aliphatic heterocycles. The Hall–Kier alpha value is -2.17. The van der Waals surface area contributed by atoms with E-state index in [1.54, 1.807) is 24.1 Å². The third-order valence-corrected chi connectivity index (χ3v) is 3.26. The monoisotopic (exact) mass is 287 g/mol. The molecule has 2 heterocycles. The average molecular weight is 287 g/mol. The minimum atomic E-state index is -0.319. The van der Waals surface area contributed by atoms with Crippen LogP contribution in [0.4, 0.5) is 0 Å². The highest BCUT2D eigenvalue weighted by molar-refractivity contribution is 5.88. The number of pyridine rings is 1. The van der Waals surface area contributed by atoms with Crippen molar-refractivity contribution >= 4 is 5.97 Å². The summed E-state index contributed by atoms with van der Waals surface area (Å²) in [5.41, 5.74) is 1.43. The molecule has 0 amide bonds. The molecule has 0 aromatic carbocycles. The van der Waals surface area contributed by atoms with E-state index in [4.69, 9.17) is 4.74 Å². The van der Waals surface area contributed by atoms with Crippen LogP contribution in [-0.2, 0) is 18.2 Å². The number of esters is 1. The van der Waals surface area contributed by atoms with E-state index < -0.39 is 0 Å². The summed E-state index contributed by atoms with van der Waals surface area (Å²) < 4.78 is 7.22. The van der Waals surface area contributed by atoms with Crippen LogP contribution in [0, 0.1) is 0 Å². The molecule has 0 radical (unpaired) electrons. The van der Waals surface area contributed by atoms with Crippen LogP contribution in [0.5, 0.6) is 0 Å². The van der Waals surface area contributed by atoms with E-state index in [1.165, 1.54) is 6.20 Å². The zero-order chi connectivity index (χ0) is 15.1. The molecule has 5 nitrogen and oxygen atoms in total. The molecular weight excluding hydrogens is 266 g/mol. The molecule has 5 heteroatoms. The first kappa shape index (κ1) is 15.2. The second-order valence-corrected chi connectivity index (χ2v) is 5.10. The molecule has 1 atom stereocenters. The second-order valence-electron chi connectivity index (χ2n) is 5.10. The van der Waals surface area contributed by atoms with Crippen LogP contribution in [0.1, 0.15) is 42.2 Å². The number of rotatable bonds is 7. The van der Waals surface area contributed by atoms with Gasteiger partial charge in [0.15, 0.2) is 0 Å². The number of aryl methyl sites for hydroxylation is 1. The van der Waals surface area contributed by atoms with Crippen molar-refractivity contribution in [3.05, 3.63) is 48.0 Å². The molecule has 0 aliphatic rings. The van der Waals surface area contributed by atoms with Gasteiger partial charge >= 0.3 is 5.97 Å². The van der Waals surface area contributed by atoms with Crippen molar-refractivity contribution in [1.29, 1.82) is 0 Å². The minimum absolute atomic E-state index is 0.146. The van der Waals surface area contributed by atoms with E-state index in [9.17, 15) is 4.79 Å². The Morgan fingerprint density at radius 1 is 1.43 bits per heavy atom. The van der Waals surface area contributed by atoms with E-state index in [1.807, 2.05) is 18.2 Å². The molecule has 2 aromatic heterocycles. The van der Waals surface area contributed by atoms with Gasteiger partial charge in [-0.25, -0.2) is 4.79 Å². The summed E-state index contributed by atoms with van der Waals surface area (Å²) in [6.45, 7) is 2.13. The largest absolute Gasteiger partial charge is 0.458 e. The second kappa shape index (κ2) is 7.57. The number of aromatic nitrogens is 3. The van der Waals surface area contributed by atoms with E-state index in [-0.39, 0.29) is 12.1 Å². The van der Waals surface area contributed by atoms with Crippen LogP contribution < -0.4 is 0 Å². The lowest BCUT2D eigenvalue weighted by Gasteiger charge is -2.17. The lowest BCUT2D eigenvalue weighted by Crippen LogP contribution is -2.21. The van der Waals surface area contributed by atoms with Gasteiger partial charge in [-0.05, 0) is 18.6 Å². The Morgan fingerprint density at radius 3 is 2.90 bits per heavy atom. The quantitative estimate of drug-likeness (QED) is 0.735. The fourth-order valence-corrected chi connectivity index (χ4v) is 2.13. The zero-order valence-electron chi connectivity index (χ0n) is 12.5. The molecule has 0 fully saturated rings. The normalized spacial score (nSPS) is 12.1. The first-order valence-electron chi connectivity index (χ1n) is 7.28. The fourth-order valence-electron chi connectivity index (χ4n) is 2.13. The molecule has 2 aromatic rings. The Labute approximate surface area is 125 Å². The maximum absolute atomic E-state index is 12.1. The third kappa shape index (κ3) is 4.70. The van der Waals surface area contributed by atoms with E-state index in [0.29, 0.717) is 12.0 Å². The summed E-state index contributed by atoms with van der Waals surface area (Å²) in [5, 5.41) is 3.99. The molecule has 21 heavy (non-hydrogen) atoms.